The van der Waals surface area contributed by atoms with Crippen LogP contribution in [0.4, 0.5) is 5.69 Å². The number of aromatic nitrogens is 2. The number of primary amides is 1. The molecule has 1 aromatic heterocycles. The highest BCUT2D eigenvalue weighted by Crippen LogP contribution is 2.22. The first-order chi connectivity index (χ1) is 10.6. The zero-order valence-corrected chi connectivity index (χ0v) is 12.4. The largest absolute Gasteiger partial charge is 0.375 e. The van der Waals surface area contributed by atoms with E-state index in [9.17, 15) is 9.59 Å². The summed E-state index contributed by atoms with van der Waals surface area (Å²) in [5.41, 5.74) is 7.76. The summed E-state index contributed by atoms with van der Waals surface area (Å²) in [5.74, 6) is 0.133. The summed E-state index contributed by atoms with van der Waals surface area (Å²) in [5, 5.41) is 3.10. The van der Waals surface area contributed by atoms with Gasteiger partial charge in [-0.15, -0.1) is 0 Å². The number of nitrogens with zero attached hydrogens (tertiary/aromatic N) is 2. The molecular formula is C16H18N4O2. The van der Waals surface area contributed by atoms with Gasteiger partial charge in [0.15, 0.2) is 0 Å². The Hall–Kier alpha value is -2.63. The molecule has 0 radical (unpaired) electrons. The number of anilines is 1. The van der Waals surface area contributed by atoms with E-state index in [1.807, 2.05) is 25.1 Å². The van der Waals surface area contributed by atoms with Gasteiger partial charge in [-0.1, -0.05) is 29.8 Å². The van der Waals surface area contributed by atoms with Gasteiger partial charge in [0.1, 0.15) is 17.6 Å². The van der Waals surface area contributed by atoms with Crippen molar-refractivity contribution in [3.8, 4) is 0 Å². The third kappa shape index (κ3) is 2.59. The van der Waals surface area contributed by atoms with Crippen molar-refractivity contribution in [3.05, 3.63) is 57.8 Å². The second kappa shape index (κ2) is 5.63. The Morgan fingerprint density at radius 1 is 1.50 bits per heavy atom. The van der Waals surface area contributed by atoms with Crippen molar-refractivity contribution in [1.82, 2.24) is 9.55 Å². The van der Waals surface area contributed by atoms with Crippen LogP contribution in [0.25, 0.3) is 0 Å². The highest BCUT2D eigenvalue weighted by atomic mass is 16.2. The van der Waals surface area contributed by atoms with Crippen LogP contribution in [0.1, 0.15) is 29.4 Å². The minimum absolute atomic E-state index is 0.237. The highest BCUT2D eigenvalue weighted by Gasteiger charge is 2.29. The quantitative estimate of drug-likeness (QED) is 0.885. The van der Waals surface area contributed by atoms with E-state index in [0.29, 0.717) is 30.9 Å². The van der Waals surface area contributed by atoms with Crippen LogP contribution >= 0.6 is 0 Å². The molecule has 1 aliphatic rings. The second-order valence-electron chi connectivity index (χ2n) is 5.56. The molecule has 3 N–H and O–H groups in total. The Labute approximate surface area is 128 Å². The number of hydrogen-bond donors (Lipinski definition) is 2. The lowest BCUT2D eigenvalue weighted by molar-refractivity contribution is -0.121. The van der Waals surface area contributed by atoms with Crippen molar-refractivity contribution in [1.29, 1.82) is 0 Å². The lowest BCUT2D eigenvalue weighted by Crippen LogP contribution is -2.33. The van der Waals surface area contributed by atoms with Crippen molar-refractivity contribution in [2.45, 2.75) is 32.4 Å². The number of hydrogen-bond acceptors (Lipinski definition) is 4. The van der Waals surface area contributed by atoms with Gasteiger partial charge in [0, 0.05) is 13.0 Å². The van der Waals surface area contributed by atoms with Crippen molar-refractivity contribution in [2.75, 3.05) is 5.32 Å². The molecule has 0 saturated heterocycles. The molecule has 6 nitrogen and oxygen atoms in total. The van der Waals surface area contributed by atoms with Gasteiger partial charge in [0.2, 0.25) is 5.91 Å². The maximum absolute atomic E-state index is 12.5. The summed E-state index contributed by atoms with van der Waals surface area (Å²) in [6.45, 7) is 2.55. The monoisotopic (exact) mass is 298 g/mol. The molecule has 0 aliphatic carbocycles. The van der Waals surface area contributed by atoms with Crippen LogP contribution in [-0.4, -0.2) is 15.5 Å². The maximum atomic E-state index is 12.5. The molecule has 6 heteroatoms. The number of carbonyl (C=O) groups is 1. The fourth-order valence-corrected chi connectivity index (χ4v) is 2.81. The van der Waals surface area contributed by atoms with E-state index in [1.54, 1.807) is 0 Å². The van der Waals surface area contributed by atoms with Crippen LogP contribution in [0, 0.1) is 6.92 Å². The van der Waals surface area contributed by atoms with E-state index in [-0.39, 0.29) is 5.56 Å². The fraction of sp³-hybridized carbons (Fsp3) is 0.312. The number of fused-ring (bicyclic) bond motifs is 1. The molecule has 0 bridgehead atoms. The van der Waals surface area contributed by atoms with Crippen molar-refractivity contribution < 1.29 is 4.79 Å². The van der Waals surface area contributed by atoms with Gasteiger partial charge in [0.05, 0.1) is 6.20 Å². The summed E-state index contributed by atoms with van der Waals surface area (Å²) in [6.07, 6.45) is 2.67. The number of aryl methyl sites for hydroxylation is 2. The van der Waals surface area contributed by atoms with Crippen LogP contribution < -0.4 is 16.6 Å². The SMILES string of the molecule is Cc1cccc(CNc2cnc3n(c2=O)[C@H](C(N)=O)CC3)c1. The summed E-state index contributed by atoms with van der Waals surface area (Å²) in [7, 11) is 0. The molecule has 0 fully saturated rings. The van der Waals surface area contributed by atoms with Gasteiger partial charge in [-0.05, 0) is 18.9 Å². The fourth-order valence-electron chi connectivity index (χ4n) is 2.81. The minimum atomic E-state index is -0.587. The van der Waals surface area contributed by atoms with Gasteiger partial charge in [-0.25, -0.2) is 4.98 Å². The smallest absolute Gasteiger partial charge is 0.277 e. The zero-order valence-electron chi connectivity index (χ0n) is 12.4. The van der Waals surface area contributed by atoms with E-state index in [2.05, 4.69) is 16.4 Å². The van der Waals surface area contributed by atoms with Crippen LogP contribution in [0.2, 0.25) is 0 Å². The minimum Gasteiger partial charge on any atom is -0.375 e. The molecule has 22 heavy (non-hydrogen) atoms. The van der Waals surface area contributed by atoms with Crippen LogP contribution in [0.5, 0.6) is 0 Å². The molecule has 0 saturated carbocycles. The third-order valence-electron chi connectivity index (χ3n) is 3.92. The number of benzene rings is 1. The van der Waals surface area contributed by atoms with Crippen LogP contribution in [0.15, 0.2) is 35.3 Å². The zero-order chi connectivity index (χ0) is 15.7. The van der Waals surface area contributed by atoms with Crippen LogP contribution in [0.3, 0.4) is 0 Å². The van der Waals surface area contributed by atoms with Gasteiger partial charge in [0.25, 0.3) is 5.56 Å². The molecule has 2 aromatic rings. The van der Waals surface area contributed by atoms with Gasteiger partial charge in [-0.3, -0.25) is 14.2 Å². The van der Waals surface area contributed by atoms with E-state index in [4.69, 9.17) is 5.73 Å². The van der Waals surface area contributed by atoms with E-state index in [1.165, 1.54) is 10.8 Å². The number of nitrogens with one attached hydrogen (secondary N) is 1. The number of carbonyl (C=O) groups excluding carboxylic acids is 1. The van der Waals surface area contributed by atoms with Crippen molar-refractivity contribution >= 4 is 11.6 Å². The summed E-state index contributed by atoms with van der Waals surface area (Å²) in [6, 6.07) is 7.45. The molecule has 0 unspecified atom stereocenters. The summed E-state index contributed by atoms with van der Waals surface area (Å²) in [4.78, 5) is 28.3. The molecule has 114 valence electrons. The molecule has 1 atom stereocenters. The van der Waals surface area contributed by atoms with Gasteiger partial charge in [-0.2, -0.15) is 0 Å². The standard InChI is InChI=1S/C16H18N4O2/c1-10-3-2-4-11(7-10)8-18-12-9-19-14-6-5-13(15(17)21)20(14)16(12)22/h2-4,7,9,13,18H,5-6,8H2,1H3,(H2,17,21)/t13-/m0/s1. The normalized spacial score (nSPS) is 16.3. The number of rotatable bonds is 4. The topological polar surface area (TPSA) is 90.0 Å². The first-order valence-corrected chi connectivity index (χ1v) is 7.25. The first kappa shape index (κ1) is 14.3. The van der Waals surface area contributed by atoms with E-state index < -0.39 is 11.9 Å². The summed E-state index contributed by atoms with van der Waals surface area (Å²) < 4.78 is 1.42. The van der Waals surface area contributed by atoms with E-state index in [0.717, 1.165) is 11.1 Å². The highest BCUT2D eigenvalue weighted by molar-refractivity contribution is 5.79. The Morgan fingerprint density at radius 3 is 3.05 bits per heavy atom. The van der Waals surface area contributed by atoms with Crippen molar-refractivity contribution in [2.24, 2.45) is 5.73 Å². The molecule has 1 amide bonds. The predicted octanol–water partition coefficient (Wildman–Crippen LogP) is 1.14. The molecule has 0 spiro atoms. The Morgan fingerprint density at radius 2 is 2.32 bits per heavy atom. The number of amides is 1. The average molecular weight is 298 g/mol. The van der Waals surface area contributed by atoms with Gasteiger partial charge < -0.3 is 11.1 Å². The number of nitrogens with two attached hydrogens (primary N) is 1. The lowest BCUT2D eigenvalue weighted by Gasteiger charge is -2.13. The van der Waals surface area contributed by atoms with Crippen LogP contribution in [-0.2, 0) is 17.8 Å². The van der Waals surface area contributed by atoms with E-state index >= 15 is 0 Å². The molecule has 2 heterocycles. The molecule has 1 aromatic carbocycles. The average Bonchev–Trinajstić information content (AvgIpc) is 2.92. The summed E-state index contributed by atoms with van der Waals surface area (Å²) >= 11 is 0. The molecule has 1 aliphatic heterocycles. The maximum Gasteiger partial charge on any atom is 0.277 e. The lowest BCUT2D eigenvalue weighted by atomic mass is 10.1. The Balaban J connectivity index is 1.86. The third-order valence-corrected chi connectivity index (χ3v) is 3.92. The first-order valence-electron chi connectivity index (χ1n) is 7.25. The molecular weight excluding hydrogens is 280 g/mol. The van der Waals surface area contributed by atoms with Crippen molar-refractivity contribution in [3.63, 3.8) is 0 Å². The predicted molar refractivity (Wildman–Crippen MR) is 83.6 cm³/mol. The second-order valence-corrected chi connectivity index (χ2v) is 5.56. The Kier molecular flexibility index (Phi) is 3.66. The van der Waals surface area contributed by atoms with Gasteiger partial charge >= 0.3 is 0 Å². The Bertz CT molecular complexity index is 782. The molecule has 3 rings (SSSR count).